The van der Waals surface area contributed by atoms with E-state index in [4.69, 9.17) is 24.9 Å². The summed E-state index contributed by atoms with van der Waals surface area (Å²) in [5, 5.41) is 0. The zero-order chi connectivity index (χ0) is 48.0. The van der Waals surface area contributed by atoms with Gasteiger partial charge in [0.1, 0.15) is 11.6 Å². The van der Waals surface area contributed by atoms with E-state index in [-0.39, 0.29) is 0 Å². The first kappa shape index (κ1) is 41.0. The molecule has 0 amide bonds. The first-order valence-corrected chi connectivity index (χ1v) is 24.7. The normalized spacial score (nSPS) is 12.8. The number of hydrogen-bond acceptors (Lipinski definition) is 5. The standard InChI is InChI=1S/C66H41N7/c1-3-24-46(25-4-1)72-58-38-15-13-36-56(58)67-64(72)44-22-17-20-42(40-44)61-69-62(43-21-18-23-45(41-43)65-68-57-37-14-16-39-59(57)73(65)47-26-5-2-6-27-47)71-63(70-61)51-31-19-35-55-60(51)50-30-9-12-34-54(50)66(55)52-32-10-7-28-48(52)49-29-8-11-33-53(49)66/h1-41H. The van der Waals surface area contributed by atoms with E-state index in [0.717, 1.165) is 78.5 Å². The van der Waals surface area contributed by atoms with Crippen molar-refractivity contribution in [3.05, 3.63) is 271 Å². The Labute approximate surface area is 421 Å². The number of para-hydroxylation sites is 6. The molecule has 3 aromatic heterocycles. The summed E-state index contributed by atoms with van der Waals surface area (Å²) in [6.45, 7) is 0. The Morgan fingerprint density at radius 2 is 0.658 bits per heavy atom. The largest absolute Gasteiger partial charge is 0.292 e. The summed E-state index contributed by atoms with van der Waals surface area (Å²) in [5.74, 6) is 3.37. The smallest absolute Gasteiger partial charge is 0.164 e. The van der Waals surface area contributed by atoms with Gasteiger partial charge >= 0.3 is 0 Å². The van der Waals surface area contributed by atoms with Gasteiger partial charge in [0.25, 0.3) is 0 Å². The fraction of sp³-hybridized carbons (Fsp3) is 0.0152. The highest BCUT2D eigenvalue weighted by Crippen LogP contribution is 2.63. The molecule has 73 heavy (non-hydrogen) atoms. The molecule has 0 atom stereocenters. The molecule has 7 heteroatoms. The molecule has 1 spiro atoms. The maximum Gasteiger partial charge on any atom is 0.164 e. The fourth-order valence-corrected chi connectivity index (χ4v) is 11.8. The first-order chi connectivity index (χ1) is 36.2. The monoisotopic (exact) mass is 931 g/mol. The molecule has 340 valence electrons. The molecule has 7 nitrogen and oxygen atoms in total. The number of fused-ring (bicyclic) bond motifs is 12. The molecule has 0 saturated carbocycles. The zero-order valence-corrected chi connectivity index (χ0v) is 39.3. The SMILES string of the molecule is c1ccc(-n2c(-c3cccc(-c4nc(-c5cccc(-c6nc7ccccc7n6-c6ccccc6)c5)nc(-c5cccc6c5-c5ccccc5C65c6ccccc6-c6ccccc65)n4)c3)nc3ccccc32)cc1. The van der Waals surface area contributed by atoms with Crippen LogP contribution >= 0.6 is 0 Å². The van der Waals surface area contributed by atoms with Gasteiger partial charge in [0, 0.05) is 39.2 Å². The van der Waals surface area contributed by atoms with E-state index in [1.807, 2.05) is 24.3 Å². The molecule has 13 aromatic rings. The first-order valence-electron chi connectivity index (χ1n) is 24.7. The highest BCUT2D eigenvalue weighted by atomic mass is 15.1. The number of rotatable bonds is 7. The average Bonchev–Trinajstić information content (AvgIpc) is 4.31. The van der Waals surface area contributed by atoms with E-state index in [9.17, 15) is 0 Å². The molecule has 0 N–H and O–H groups in total. The highest BCUT2D eigenvalue weighted by Gasteiger charge is 2.52. The molecule has 15 rings (SSSR count). The van der Waals surface area contributed by atoms with Crippen molar-refractivity contribution in [2.45, 2.75) is 5.41 Å². The molecule has 0 bridgehead atoms. The Bertz CT molecular complexity index is 4120. The van der Waals surface area contributed by atoms with Gasteiger partial charge in [0.2, 0.25) is 0 Å². The molecular formula is C66H41N7. The van der Waals surface area contributed by atoms with Crippen LogP contribution in [0.5, 0.6) is 0 Å². The van der Waals surface area contributed by atoms with Crippen LogP contribution in [0.1, 0.15) is 22.3 Å². The number of nitrogens with zero attached hydrogens (tertiary/aromatic N) is 7. The van der Waals surface area contributed by atoms with Crippen molar-refractivity contribution in [3.8, 4) is 90.6 Å². The van der Waals surface area contributed by atoms with Gasteiger partial charge < -0.3 is 0 Å². The van der Waals surface area contributed by atoms with Crippen molar-refractivity contribution in [1.29, 1.82) is 0 Å². The second-order valence-corrected chi connectivity index (χ2v) is 18.8. The van der Waals surface area contributed by atoms with Gasteiger partial charge in [-0.25, -0.2) is 24.9 Å². The van der Waals surface area contributed by atoms with Crippen molar-refractivity contribution in [2.75, 3.05) is 0 Å². The van der Waals surface area contributed by atoms with E-state index >= 15 is 0 Å². The molecule has 0 fully saturated rings. The lowest BCUT2D eigenvalue weighted by molar-refractivity contribution is 0.794. The Balaban J connectivity index is 0.961. The lowest BCUT2D eigenvalue weighted by atomic mass is 9.70. The van der Waals surface area contributed by atoms with Gasteiger partial charge in [0.05, 0.1) is 27.5 Å². The second kappa shape index (κ2) is 16.1. The average molecular weight is 932 g/mol. The topological polar surface area (TPSA) is 74.3 Å². The Morgan fingerprint density at radius 1 is 0.274 bits per heavy atom. The van der Waals surface area contributed by atoms with Crippen LogP contribution in [-0.2, 0) is 5.41 Å². The fourth-order valence-electron chi connectivity index (χ4n) is 11.8. The van der Waals surface area contributed by atoms with E-state index < -0.39 is 5.41 Å². The van der Waals surface area contributed by atoms with Crippen LogP contribution in [0.2, 0.25) is 0 Å². The molecule has 10 aromatic carbocycles. The predicted octanol–water partition coefficient (Wildman–Crippen LogP) is 15.2. The van der Waals surface area contributed by atoms with E-state index in [0.29, 0.717) is 17.5 Å². The third kappa shape index (κ3) is 6.15. The number of aromatic nitrogens is 7. The van der Waals surface area contributed by atoms with Gasteiger partial charge in [-0.15, -0.1) is 0 Å². The highest BCUT2D eigenvalue weighted by molar-refractivity contribution is 5.99. The van der Waals surface area contributed by atoms with Crippen LogP contribution in [0, 0.1) is 0 Å². The molecule has 0 unspecified atom stereocenters. The van der Waals surface area contributed by atoms with Gasteiger partial charge in [-0.1, -0.05) is 188 Å². The molecular weight excluding hydrogens is 891 g/mol. The van der Waals surface area contributed by atoms with E-state index in [1.54, 1.807) is 0 Å². The van der Waals surface area contributed by atoms with Crippen LogP contribution in [0.4, 0.5) is 0 Å². The van der Waals surface area contributed by atoms with Crippen LogP contribution in [0.15, 0.2) is 249 Å². The lowest BCUT2D eigenvalue weighted by Crippen LogP contribution is -2.25. The summed E-state index contributed by atoms with van der Waals surface area (Å²) in [4.78, 5) is 26.9. The summed E-state index contributed by atoms with van der Waals surface area (Å²) in [5.41, 5.74) is 19.8. The van der Waals surface area contributed by atoms with Crippen molar-refractivity contribution < 1.29 is 0 Å². The molecule has 2 aliphatic carbocycles. The summed E-state index contributed by atoms with van der Waals surface area (Å²) in [7, 11) is 0. The minimum Gasteiger partial charge on any atom is -0.292 e. The van der Waals surface area contributed by atoms with Gasteiger partial charge in [-0.3, -0.25) is 9.13 Å². The lowest BCUT2D eigenvalue weighted by Gasteiger charge is -2.30. The molecule has 0 aliphatic heterocycles. The second-order valence-electron chi connectivity index (χ2n) is 18.8. The van der Waals surface area contributed by atoms with Crippen molar-refractivity contribution in [3.63, 3.8) is 0 Å². The Kier molecular flexibility index (Phi) is 9.04. The van der Waals surface area contributed by atoms with E-state index in [1.165, 1.54) is 38.9 Å². The minimum absolute atomic E-state index is 0.523. The zero-order valence-electron chi connectivity index (χ0n) is 39.3. The van der Waals surface area contributed by atoms with Crippen molar-refractivity contribution in [1.82, 2.24) is 34.1 Å². The summed E-state index contributed by atoms with van der Waals surface area (Å²) >= 11 is 0. The summed E-state index contributed by atoms with van der Waals surface area (Å²) < 4.78 is 4.46. The Hall–Kier alpha value is -9.85. The number of imidazole rings is 2. The predicted molar refractivity (Wildman–Crippen MR) is 293 cm³/mol. The number of benzene rings is 10. The molecule has 3 heterocycles. The van der Waals surface area contributed by atoms with E-state index in [2.05, 4.69) is 234 Å². The van der Waals surface area contributed by atoms with Crippen molar-refractivity contribution >= 4 is 22.1 Å². The minimum atomic E-state index is -0.523. The van der Waals surface area contributed by atoms with Gasteiger partial charge in [-0.05, 0) is 105 Å². The third-order valence-electron chi connectivity index (χ3n) is 14.8. The summed E-state index contributed by atoms with van der Waals surface area (Å²) in [6, 6.07) is 87.7. The molecule has 0 radical (unpaired) electrons. The van der Waals surface area contributed by atoms with Crippen LogP contribution in [0.3, 0.4) is 0 Å². The van der Waals surface area contributed by atoms with Crippen LogP contribution < -0.4 is 0 Å². The Morgan fingerprint density at radius 3 is 1.19 bits per heavy atom. The third-order valence-corrected chi connectivity index (χ3v) is 14.8. The quantitative estimate of drug-likeness (QED) is 0.159. The van der Waals surface area contributed by atoms with Gasteiger partial charge in [-0.2, -0.15) is 0 Å². The number of hydrogen-bond donors (Lipinski definition) is 0. The van der Waals surface area contributed by atoms with Gasteiger partial charge in [0.15, 0.2) is 17.5 Å². The van der Waals surface area contributed by atoms with Crippen LogP contribution in [0.25, 0.3) is 113 Å². The molecule has 0 saturated heterocycles. The maximum atomic E-state index is 5.51. The molecule has 2 aliphatic rings. The van der Waals surface area contributed by atoms with Crippen molar-refractivity contribution in [2.24, 2.45) is 0 Å². The van der Waals surface area contributed by atoms with Crippen LogP contribution in [-0.4, -0.2) is 34.1 Å². The summed E-state index contributed by atoms with van der Waals surface area (Å²) in [6.07, 6.45) is 0. The maximum absolute atomic E-state index is 5.51.